The SMILES string of the molecule is CC(=O)OC1CC[C@@]2(C)C(CCC3[C@@H]2CC(OC(C)=O)[C@]2(C)C(C4=CC(=O)OC4)CCC32O)C1. The van der Waals surface area contributed by atoms with E-state index < -0.39 is 17.1 Å². The lowest BCUT2D eigenvalue weighted by molar-refractivity contribution is -0.251. The lowest BCUT2D eigenvalue weighted by Crippen LogP contribution is -2.67. The molecular formula is C27H38O7. The third-order valence-corrected chi connectivity index (χ3v) is 10.6. The Hall–Kier alpha value is -1.89. The zero-order valence-electron chi connectivity index (χ0n) is 20.8. The Morgan fingerprint density at radius 2 is 1.74 bits per heavy atom. The van der Waals surface area contributed by atoms with Gasteiger partial charge < -0.3 is 19.3 Å². The summed E-state index contributed by atoms with van der Waals surface area (Å²) in [5, 5.41) is 12.5. The Balaban J connectivity index is 1.50. The van der Waals surface area contributed by atoms with Gasteiger partial charge in [-0.1, -0.05) is 13.8 Å². The molecule has 7 heteroatoms. The van der Waals surface area contributed by atoms with Crippen LogP contribution in [0.4, 0.5) is 0 Å². The highest BCUT2D eigenvalue weighted by Gasteiger charge is 2.72. The van der Waals surface area contributed by atoms with Crippen molar-refractivity contribution in [1.82, 2.24) is 0 Å². The minimum atomic E-state index is -0.978. The number of hydrogen-bond acceptors (Lipinski definition) is 7. The Morgan fingerprint density at radius 1 is 1.00 bits per heavy atom. The molecule has 0 radical (unpaired) electrons. The molecule has 5 rings (SSSR count). The van der Waals surface area contributed by atoms with E-state index in [1.807, 2.05) is 0 Å². The van der Waals surface area contributed by atoms with E-state index in [-0.39, 0.29) is 53.8 Å². The molecule has 1 aliphatic heterocycles. The molecule has 0 amide bonds. The second kappa shape index (κ2) is 8.07. The van der Waals surface area contributed by atoms with E-state index in [1.54, 1.807) is 6.08 Å². The number of cyclic esters (lactones) is 1. The van der Waals surface area contributed by atoms with Gasteiger partial charge in [-0.05, 0) is 86.0 Å². The first-order valence-corrected chi connectivity index (χ1v) is 12.9. The molecule has 4 fully saturated rings. The van der Waals surface area contributed by atoms with Gasteiger partial charge in [0.1, 0.15) is 18.8 Å². The topological polar surface area (TPSA) is 99.1 Å². The van der Waals surface area contributed by atoms with E-state index in [0.717, 1.165) is 44.1 Å². The van der Waals surface area contributed by atoms with Crippen LogP contribution in [0.3, 0.4) is 0 Å². The van der Waals surface area contributed by atoms with Gasteiger partial charge in [0.05, 0.1) is 5.60 Å². The van der Waals surface area contributed by atoms with Crippen molar-refractivity contribution in [3.8, 4) is 0 Å². The molecule has 9 atom stereocenters. The molecule has 6 unspecified atom stereocenters. The molecule has 5 aliphatic rings. The monoisotopic (exact) mass is 474 g/mol. The first kappa shape index (κ1) is 23.8. The van der Waals surface area contributed by atoms with Crippen LogP contribution in [-0.4, -0.2) is 47.4 Å². The minimum Gasteiger partial charge on any atom is -0.463 e. The number of ether oxygens (including phenoxy) is 3. The maximum atomic E-state index is 12.5. The van der Waals surface area contributed by atoms with Crippen LogP contribution < -0.4 is 0 Å². The number of rotatable bonds is 3. The number of carbonyl (C=O) groups is 3. The molecule has 1 N–H and O–H groups in total. The second-order valence-corrected chi connectivity index (χ2v) is 12.0. The number of esters is 3. The van der Waals surface area contributed by atoms with E-state index in [0.29, 0.717) is 18.8 Å². The quantitative estimate of drug-likeness (QED) is 0.492. The van der Waals surface area contributed by atoms with Crippen LogP contribution in [0.25, 0.3) is 0 Å². The van der Waals surface area contributed by atoms with Crippen molar-refractivity contribution in [2.45, 2.75) is 96.9 Å². The van der Waals surface area contributed by atoms with Crippen LogP contribution in [0.5, 0.6) is 0 Å². The zero-order chi connectivity index (χ0) is 24.5. The summed E-state index contributed by atoms with van der Waals surface area (Å²) in [6, 6.07) is 0. The van der Waals surface area contributed by atoms with Crippen molar-refractivity contribution in [2.75, 3.05) is 6.61 Å². The van der Waals surface area contributed by atoms with Gasteiger partial charge in [0, 0.05) is 25.3 Å². The maximum absolute atomic E-state index is 12.5. The van der Waals surface area contributed by atoms with Crippen LogP contribution >= 0.6 is 0 Å². The summed E-state index contributed by atoms with van der Waals surface area (Å²) in [5.74, 6) is -0.190. The maximum Gasteiger partial charge on any atom is 0.331 e. The summed E-state index contributed by atoms with van der Waals surface area (Å²) in [6.45, 7) is 7.59. The standard InChI is InChI=1S/C27H38O7/c1-15(28)33-19-7-9-25(3)18(12-19)5-6-21-22(25)13-23(34-16(2)29)26(4)20(8-10-27(21,26)31)17-11-24(30)32-14-17/h11,18-23,31H,5-10,12-14H2,1-4H3/t18?,19?,20?,21?,22-,23?,25-,26-,27?/m0/s1. The summed E-state index contributed by atoms with van der Waals surface area (Å²) in [6.07, 6.45) is 7.77. The van der Waals surface area contributed by atoms with Crippen LogP contribution in [-0.2, 0) is 28.6 Å². The molecule has 0 aromatic carbocycles. The smallest absolute Gasteiger partial charge is 0.331 e. The highest BCUT2D eigenvalue weighted by atomic mass is 16.6. The molecule has 1 heterocycles. The van der Waals surface area contributed by atoms with E-state index in [9.17, 15) is 19.5 Å². The number of fused-ring (bicyclic) bond motifs is 5. The van der Waals surface area contributed by atoms with Crippen molar-refractivity contribution in [3.63, 3.8) is 0 Å². The van der Waals surface area contributed by atoms with Gasteiger partial charge in [0.25, 0.3) is 0 Å². The first-order valence-electron chi connectivity index (χ1n) is 12.9. The van der Waals surface area contributed by atoms with Gasteiger partial charge >= 0.3 is 17.9 Å². The van der Waals surface area contributed by atoms with E-state index >= 15 is 0 Å². The summed E-state index contributed by atoms with van der Waals surface area (Å²) in [4.78, 5) is 35.7. The summed E-state index contributed by atoms with van der Waals surface area (Å²) >= 11 is 0. The average Bonchev–Trinajstić information content (AvgIpc) is 3.29. The van der Waals surface area contributed by atoms with E-state index in [2.05, 4.69) is 13.8 Å². The number of hydrogen-bond donors (Lipinski definition) is 1. The Labute approximate surface area is 201 Å². The lowest BCUT2D eigenvalue weighted by Gasteiger charge is -2.65. The van der Waals surface area contributed by atoms with E-state index in [4.69, 9.17) is 14.2 Å². The molecule has 0 spiro atoms. The van der Waals surface area contributed by atoms with Crippen molar-refractivity contribution in [2.24, 2.45) is 34.5 Å². The van der Waals surface area contributed by atoms with Gasteiger partial charge in [-0.25, -0.2) is 4.79 Å². The third-order valence-electron chi connectivity index (χ3n) is 10.6. The molecule has 0 saturated heterocycles. The number of carbonyl (C=O) groups excluding carboxylic acids is 3. The second-order valence-electron chi connectivity index (χ2n) is 12.0. The van der Waals surface area contributed by atoms with Gasteiger partial charge in [-0.15, -0.1) is 0 Å². The fourth-order valence-corrected chi connectivity index (χ4v) is 9.04. The van der Waals surface area contributed by atoms with Crippen molar-refractivity contribution in [1.29, 1.82) is 0 Å². The van der Waals surface area contributed by atoms with Crippen molar-refractivity contribution >= 4 is 17.9 Å². The highest BCUT2D eigenvalue weighted by molar-refractivity contribution is 5.85. The summed E-state index contributed by atoms with van der Waals surface area (Å²) < 4.78 is 16.8. The Bertz CT molecular complexity index is 926. The normalized spacial score (nSPS) is 47.6. The third kappa shape index (κ3) is 3.36. The minimum absolute atomic E-state index is 0.00118. The van der Waals surface area contributed by atoms with Crippen molar-refractivity contribution in [3.05, 3.63) is 11.6 Å². The molecule has 7 nitrogen and oxygen atoms in total. The molecular weight excluding hydrogens is 436 g/mol. The molecule has 0 bridgehead atoms. The Morgan fingerprint density at radius 3 is 2.38 bits per heavy atom. The fourth-order valence-electron chi connectivity index (χ4n) is 9.04. The Kier molecular flexibility index (Phi) is 5.66. The molecule has 188 valence electrons. The highest BCUT2D eigenvalue weighted by Crippen LogP contribution is 2.70. The largest absolute Gasteiger partial charge is 0.463 e. The van der Waals surface area contributed by atoms with Crippen molar-refractivity contribution < 1.29 is 33.7 Å². The lowest BCUT2D eigenvalue weighted by atomic mass is 9.42. The summed E-state index contributed by atoms with van der Waals surface area (Å²) in [5.41, 5.74) is -0.731. The van der Waals surface area contributed by atoms with Gasteiger partial charge in [-0.3, -0.25) is 9.59 Å². The predicted molar refractivity (Wildman–Crippen MR) is 122 cm³/mol. The van der Waals surface area contributed by atoms with Crippen LogP contribution in [0, 0.1) is 34.5 Å². The zero-order valence-corrected chi connectivity index (χ0v) is 20.8. The summed E-state index contributed by atoms with van der Waals surface area (Å²) in [7, 11) is 0. The van der Waals surface area contributed by atoms with Gasteiger partial charge in [0.2, 0.25) is 0 Å². The molecule has 0 aromatic heterocycles. The fraction of sp³-hybridized carbons (Fsp3) is 0.815. The van der Waals surface area contributed by atoms with Crippen LogP contribution in [0.15, 0.2) is 11.6 Å². The first-order chi connectivity index (χ1) is 16.0. The molecule has 34 heavy (non-hydrogen) atoms. The van der Waals surface area contributed by atoms with Crippen LogP contribution in [0.2, 0.25) is 0 Å². The number of aliphatic hydroxyl groups is 1. The molecule has 0 aromatic rings. The molecule has 4 aliphatic carbocycles. The van der Waals surface area contributed by atoms with Crippen LogP contribution in [0.1, 0.15) is 79.1 Å². The van der Waals surface area contributed by atoms with Gasteiger partial charge in [-0.2, -0.15) is 0 Å². The van der Waals surface area contributed by atoms with Gasteiger partial charge in [0.15, 0.2) is 0 Å². The predicted octanol–water partition coefficient (Wildman–Crippen LogP) is 3.72. The molecule has 4 saturated carbocycles. The average molecular weight is 475 g/mol. The van der Waals surface area contributed by atoms with E-state index in [1.165, 1.54) is 13.8 Å².